The van der Waals surface area contributed by atoms with Crippen molar-refractivity contribution in [1.82, 2.24) is 9.27 Å². The highest BCUT2D eigenvalue weighted by atomic mass is 32.2. The Kier molecular flexibility index (Phi) is 4.19. The summed E-state index contributed by atoms with van der Waals surface area (Å²) in [5.74, 6) is -0.102. The smallest absolute Gasteiger partial charge is 0.241 e. The maximum atomic E-state index is 12.3. The third kappa shape index (κ3) is 2.88. The van der Waals surface area contributed by atoms with E-state index in [-0.39, 0.29) is 28.4 Å². The van der Waals surface area contributed by atoms with Crippen LogP contribution in [0, 0.1) is 0 Å². The third-order valence-electron chi connectivity index (χ3n) is 3.22. The average molecular weight is 318 g/mol. The van der Waals surface area contributed by atoms with Gasteiger partial charge in [0, 0.05) is 13.6 Å². The van der Waals surface area contributed by atoms with E-state index in [1.54, 1.807) is 11.9 Å². The summed E-state index contributed by atoms with van der Waals surface area (Å²) in [5.41, 5.74) is 5.67. The summed E-state index contributed by atoms with van der Waals surface area (Å²) in [6.07, 6.45) is 1.32. The van der Waals surface area contributed by atoms with Gasteiger partial charge in [0.25, 0.3) is 0 Å². The van der Waals surface area contributed by atoms with Crippen LogP contribution in [-0.2, 0) is 14.6 Å². The number of nitrogen functional groups attached to an aromatic ring is 1. The molecule has 0 spiro atoms. The molecule has 1 aliphatic carbocycles. The Labute approximate surface area is 122 Å². The van der Waals surface area contributed by atoms with Crippen LogP contribution >= 0.6 is 11.5 Å². The number of nitrogens with zero attached hydrogens (tertiary/aromatic N) is 2. The van der Waals surface area contributed by atoms with Crippen LogP contribution in [0.2, 0.25) is 0 Å². The van der Waals surface area contributed by atoms with Crippen molar-refractivity contribution in [2.24, 2.45) is 0 Å². The van der Waals surface area contributed by atoms with Crippen LogP contribution in [0.3, 0.4) is 0 Å². The minimum absolute atomic E-state index is 0.0145. The molecule has 0 unspecified atom stereocenters. The van der Waals surface area contributed by atoms with E-state index in [1.807, 2.05) is 6.92 Å². The zero-order valence-electron chi connectivity index (χ0n) is 11.4. The molecular formula is C11H18N4O3S2. The molecule has 1 fully saturated rings. The van der Waals surface area contributed by atoms with E-state index in [9.17, 15) is 13.2 Å². The Morgan fingerprint density at radius 1 is 1.55 bits per heavy atom. The van der Waals surface area contributed by atoms with Gasteiger partial charge in [-0.2, -0.15) is 4.37 Å². The van der Waals surface area contributed by atoms with E-state index in [4.69, 9.17) is 5.73 Å². The molecule has 1 saturated carbocycles. The predicted octanol–water partition coefficient (Wildman–Crippen LogP) is 0.552. The fourth-order valence-corrected chi connectivity index (χ4v) is 4.57. The van der Waals surface area contributed by atoms with Crippen molar-refractivity contribution in [3.05, 3.63) is 0 Å². The van der Waals surface area contributed by atoms with Crippen LogP contribution in [0.4, 0.5) is 10.8 Å². The molecular weight excluding hydrogens is 300 g/mol. The molecule has 1 aromatic heterocycles. The fourth-order valence-electron chi connectivity index (χ4n) is 1.69. The van der Waals surface area contributed by atoms with Crippen molar-refractivity contribution < 1.29 is 13.2 Å². The van der Waals surface area contributed by atoms with Crippen LogP contribution in [0.1, 0.15) is 19.8 Å². The quantitative estimate of drug-likeness (QED) is 0.793. The number of aromatic nitrogens is 1. The SMILES string of the molecule is CCN(C)C(=O)CNc1snc(N)c1S(=O)(=O)C1CC1. The lowest BCUT2D eigenvalue weighted by molar-refractivity contribution is -0.127. The van der Waals surface area contributed by atoms with E-state index >= 15 is 0 Å². The summed E-state index contributed by atoms with van der Waals surface area (Å²) < 4.78 is 28.5. The van der Waals surface area contributed by atoms with Crippen molar-refractivity contribution in [3.8, 4) is 0 Å². The number of nitrogens with one attached hydrogen (secondary N) is 1. The summed E-state index contributed by atoms with van der Waals surface area (Å²) in [5, 5.41) is 2.85. The van der Waals surface area contributed by atoms with Gasteiger partial charge in [-0.05, 0) is 31.3 Å². The molecule has 1 heterocycles. The molecule has 20 heavy (non-hydrogen) atoms. The predicted molar refractivity (Wildman–Crippen MR) is 78.5 cm³/mol. The van der Waals surface area contributed by atoms with Gasteiger partial charge in [-0.3, -0.25) is 4.79 Å². The molecule has 1 aliphatic rings. The number of hydrogen-bond acceptors (Lipinski definition) is 7. The van der Waals surface area contributed by atoms with Crippen molar-refractivity contribution in [2.75, 3.05) is 31.2 Å². The third-order valence-corrected chi connectivity index (χ3v) is 6.50. The van der Waals surface area contributed by atoms with Gasteiger partial charge in [0.2, 0.25) is 5.91 Å². The van der Waals surface area contributed by atoms with E-state index in [1.165, 1.54) is 0 Å². The van der Waals surface area contributed by atoms with Crippen LogP contribution in [-0.4, -0.2) is 49.0 Å². The van der Waals surface area contributed by atoms with Crippen LogP contribution in [0.25, 0.3) is 0 Å². The Bertz CT molecular complexity index is 607. The Hall–Kier alpha value is -1.35. The topological polar surface area (TPSA) is 105 Å². The fraction of sp³-hybridized carbons (Fsp3) is 0.636. The van der Waals surface area contributed by atoms with Gasteiger partial charge < -0.3 is 16.0 Å². The first-order chi connectivity index (χ1) is 9.37. The van der Waals surface area contributed by atoms with Gasteiger partial charge in [-0.1, -0.05) is 0 Å². The molecule has 0 radical (unpaired) electrons. The first-order valence-corrected chi connectivity index (χ1v) is 8.66. The maximum absolute atomic E-state index is 12.3. The summed E-state index contributed by atoms with van der Waals surface area (Å²) in [7, 11) is -1.73. The Balaban J connectivity index is 2.16. The van der Waals surface area contributed by atoms with E-state index < -0.39 is 9.84 Å². The highest BCUT2D eigenvalue weighted by molar-refractivity contribution is 7.92. The van der Waals surface area contributed by atoms with Crippen molar-refractivity contribution >= 4 is 38.1 Å². The number of sulfone groups is 1. The normalized spacial score (nSPS) is 15.1. The van der Waals surface area contributed by atoms with Crippen LogP contribution in [0.5, 0.6) is 0 Å². The van der Waals surface area contributed by atoms with Crippen molar-refractivity contribution in [2.45, 2.75) is 29.9 Å². The number of rotatable bonds is 6. The second-order valence-electron chi connectivity index (χ2n) is 4.73. The van der Waals surface area contributed by atoms with E-state index in [0.717, 1.165) is 11.5 Å². The van der Waals surface area contributed by atoms with Crippen LogP contribution < -0.4 is 11.1 Å². The lowest BCUT2D eigenvalue weighted by atomic mass is 10.5. The summed E-state index contributed by atoms with van der Waals surface area (Å²) >= 11 is 0.974. The second kappa shape index (κ2) is 5.57. The van der Waals surface area contributed by atoms with Crippen LogP contribution in [0.15, 0.2) is 4.90 Å². The highest BCUT2D eigenvalue weighted by Crippen LogP contribution is 2.40. The molecule has 0 saturated heterocycles. The van der Waals surface area contributed by atoms with Gasteiger partial charge in [0.15, 0.2) is 15.7 Å². The summed E-state index contributed by atoms with van der Waals surface area (Å²) in [6.45, 7) is 2.49. The molecule has 9 heteroatoms. The molecule has 3 N–H and O–H groups in total. The van der Waals surface area contributed by atoms with Gasteiger partial charge in [0.05, 0.1) is 11.8 Å². The van der Waals surface area contributed by atoms with E-state index in [0.29, 0.717) is 24.4 Å². The number of anilines is 2. The standard InChI is InChI=1S/C11H18N4O3S2/c1-3-15(2)8(16)6-13-11-9(10(12)14-19-11)20(17,18)7-4-5-7/h7,13H,3-6H2,1-2H3,(H2,12,14). The van der Waals surface area contributed by atoms with Gasteiger partial charge in [-0.25, -0.2) is 8.42 Å². The summed E-state index contributed by atoms with van der Waals surface area (Å²) in [4.78, 5) is 13.3. The Morgan fingerprint density at radius 2 is 2.20 bits per heavy atom. The number of hydrogen-bond donors (Lipinski definition) is 2. The molecule has 0 aliphatic heterocycles. The first-order valence-electron chi connectivity index (χ1n) is 6.34. The van der Waals surface area contributed by atoms with Gasteiger partial charge in [0.1, 0.15) is 9.90 Å². The number of likely N-dealkylation sites (N-methyl/N-ethyl adjacent to an activating group) is 1. The lowest BCUT2D eigenvalue weighted by Crippen LogP contribution is -2.32. The number of carbonyl (C=O) groups is 1. The van der Waals surface area contributed by atoms with E-state index in [2.05, 4.69) is 9.69 Å². The molecule has 1 amide bonds. The molecule has 0 atom stereocenters. The molecule has 0 aromatic carbocycles. The highest BCUT2D eigenvalue weighted by Gasteiger charge is 2.40. The minimum atomic E-state index is -3.42. The summed E-state index contributed by atoms with van der Waals surface area (Å²) in [6, 6.07) is 0. The molecule has 1 aromatic rings. The molecule has 2 rings (SSSR count). The van der Waals surface area contributed by atoms with Gasteiger partial charge >= 0.3 is 0 Å². The largest absolute Gasteiger partial charge is 0.382 e. The molecule has 7 nitrogen and oxygen atoms in total. The second-order valence-corrected chi connectivity index (χ2v) is 7.67. The lowest BCUT2D eigenvalue weighted by Gasteiger charge is -2.15. The Morgan fingerprint density at radius 3 is 2.75 bits per heavy atom. The first kappa shape index (κ1) is 15.0. The number of nitrogens with two attached hydrogens (primary N) is 1. The van der Waals surface area contributed by atoms with Crippen molar-refractivity contribution in [3.63, 3.8) is 0 Å². The van der Waals surface area contributed by atoms with Gasteiger partial charge in [-0.15, -0.1) is 0 Å². The average Bonchev–Trinajstić information content (AvgIpc) is 3.19. The molecule has 112 valence electrons. The molecule has 0 bridgehead atoms. The monoisotopic (exact) mass is 318 g/mol. The minimum Gasteiger partial charge on any atom is -0.382 e. The zero-order valence-corrected chi connectivity index (χ0v) is 13.1. The number of carbonyl (C=O) groups excluding carboxylic acids is 1. The maximum Gasteiger partial charge on any atom is 0.241 e. The van der Waals surface area contributed by atoms with Crippen molar-refractivity contribution in [1.29, 1.82) is 0 Å². The zero-order chi connectivity index (χ0) is 14.9. The number of amides is 1.